The van der Waals surface area contributed by atoms with Gasteiger partial charge in [-0.15, -0.1) is 0 Å². The number of rotatable bonds is 5. The van der Waals surface area contributed by atoms with Gasteiger partial charge < -0.3 is 10.1 Å². The quantitative estimate of drug-likeness (QED) is 0.795. The van der Waals surface area contributed by atoms with Crippen LogP contribution in [-0.4, -0.2) is 40.1 Å². The SMILES string of the molecule is CCNC(=O)NC(=O)[C@@H](C)OC(=O)c1cncn1-c1ccc(F)cc1. The van der Waals surface area contributed by atoms with Crippen molar-refractivity contribution in [3.63, 3.8) is 0 Å². The third-order valence-corrected chi connectivity index (χ3v) is 3.18. The number of aromatic nitrogens is 2. The van der Waals surface area contributed by atoms with Gasteiger partial charge >= 0.3 is 12.0 Å². The second-order valence-electron chi connectivity index (χ2n) is 5.02. The van der Waals surface area contributed by atoms with Crippen LogP contribution in [0.5, 0.6) is 0 Å². The molecule has 9 heteroatoms. The van der Waals surface area contributed by atoms with Crippen molar-refractivity contribution in [3.05, 3.63) is 48.3 Å². The van der Waals surface area contributed by atoms with Gasteiger partial charge in [-0.1, -0.05) is 0 Å². The maximum absolute atomic E-state index is 13.0. The molecule has 2 rings (SSSR count). The van der Waals surface area contributed by atoms with Crippen molar-refractivity contribution < 1.29 is 23.5 Å². The van der Waals surface area contributed by atoms with Gasteiger partial charge in [0.25, 0.3) is 5.91 Å². The number of imidazole rings is 1. The number of hydrogen-bond acceptors (Lipinski definition) is 5. The van der Waals surface area contributed by atoms with Crippen LogP contribution < -0.4 is 10.6 Å². The summed E-state index contributed by atoms with van der Waals surface area (Å²) in [7, 11) is 0. The normalized spacial score (nSPS) is 11.5. The van der Waals surface area contributed by atoms with Gasteiger partial charge in [0.2, 0.25) is 0 Å². The number of carbonyl (C=O) groups excluding carboxylic acids is 3. The lowest BCUT2D eigenvalue weighted by Gasteiger charge is -2.14. The Morgan fingerprint density at radius 3 is 2.60 bits per heavy atom. The molecule has 0 saturated carbocycles. The molecule has 0 bridgehead atoms. The van der Waals surface area contributed by atoms with Gasteiger partial charge in [0.1, 0.15) is 5.82 Å². The fourth-order valence-corrected chi connectivity index (χ4v) is 1.95. The van der Waals surface area contributed by atoms with Crippen LogP contribution in [0.25, 0.3) is 5.69 Å². The van der Waals surface area contributed by atoms with Gasteiger partial charge in [0.15, 0.2) is 11.8 Å². The van der Waals surface area contributed by atoms with Crippen LogP contribution in [0.4, 0.5) is 9.18 Å². The Morgan fingerprint density at radius 2 is 1.96 bits per heavy atom. The Kier molecular flexibility index (Phi) is 5.83. The molecule has 1 aromatic carbocycles. The van der Waals surface area contributed by atoms with Gasteiger partial charge in [-0.25, -0.2) is 19.0 Å². The van der Waals surface area contributed by atoms with Crippen LogP contribution in [0.15, 0.2) is 36.8 Å². The first-order chi connectivity index (χ1) is 11.9. The number of nitrogens with one attached hydrogen (secondary N) is 2. The second-order valence-corrected chi connectivity index (χ2v) is 5.02. The third-order valence-electron chi connectivity index (χ3n) is 3.18. The van der Waals surface area contributed by atoms with E-state index >= 15 is 0 Å². The zero-order chi connectivity index (χ0) is 18.4. The lowest BCUT2D eigenvalue weighted by atomic mass is 10.3. The highest BCUT2D eigenvalue weighted by Crippen LogP contribution is 2.13. The minimum Gasteiger partial charge on any atom is -0.448 e. The molecular formula is C16H17FN4O4. The summed E-state index contributed by atoms with van der Waals surface area (Å²) in [6.07, 6.45) is 1.44. The summed E-state index contributed by atoms with van der Waals surface area (Å²) in [5.74, 6) is -1.98. The summed E-state index contributed by atoms with van der Waals surface area (Å²) in [5, 5.41) is 4.44. The van der Waals surface area contributed by atoms with E-state index in [1.807, 2.05) is 0 Å². The molecule has 0 unspecified atom stereocenters. The highest BCUT2D eigenvalue weighted by molar-refractivity contribution is 5.98. The lowest BCUT2D eigenvalue weighted by molar-refractivity contribution is -0.127. The smallest absolute Gasteiger partial charge is 0.357 e. The van der Waals surface area contributed by atoms with Crippen molar-refractivity contribution >= 4 is 17.9 Å². The van der Waals surface area contributed by atoms with E-state index in [1.54, 1.807) is 6.92 Å². The van der Waals surface area contributed by atoms with Crippen LogP contribution >= 0.6 is 0 Å². The van der Waals surface area contributed by atoms with E-state index in [1.165, 1.54) is 48.3 Å². The van der Waals surface area contributed by atoms with Crippen molar-refractivity contribution in [2.45, 2.75) is 20.0 Å². The van der Waals surface area contributed by atoms with Crippen molar-refractivity contribution in [2.24, 2.45) is 0 Å². The molecule has 1 aromatic heterocycles. The van der Waals surface area contributed by atoms with Crippen LogP contribution in [0, 0.1) is 5.82 Å². The van der Waals surface area contributed by atoms with E-state index in [0.717, 1.165) is 0 Å². The largest absolute Gasteiger partial charge is 0.448 e. The second kappa shape index (κ2) is 8.04. The number of carbonyl (C=O) groups is 3. The first kappa shape index (κ1) is 18.1. The number of halogens is 1. The fourth-order valence-electron chi connectivity index (χ4n) is 1.95. The lowest BCUT2D eigenvalue weighted by Crippen LogP contribution is -2.44. The van der Waals surface area contributed by atoms with Gasteiger partial charge in [-0.3, -0.25) is 14.7 Å². The molecule has 0 aliphatic carbocycles. The monoisotopic (exact) mass is 348 g/mol. The van der Waals surface area contributed by atoms with Gasteiger partial charge in [-0.2, -0.15) is 0 Å². The molecule has 1 atom stereocenters. The van der Waals surface area contributed by atoms with E-state index in [9.17, 15) is 18.8 Å². The molecule has 132 valence electrons. The van der Waals surface area contributed by atoms with E-state index < -0.39 is 29.8 Å². The molecule has 0 spiro atoms. The Labute approximate surface area is 143 Å². The molecular weight excluding hydrogens is 331 g/mol. The molecule has 0 saturated heterocycles. The van der Waals surface area contributed by atoms with Gasteiger partial charge in [0.05, 0.1) is 12.5 Å². The van der Waals surface area contributed by atoms with Gasteiger partial charge in [0, 0.05) is 12.2 Å². The topological polar surface area (TPSA) is 102 Å². The van der Waals surface area contributed by atoms with Crippen molar-refractivity contribution in [2.75, 3.05) is 6.54 Å². The first-order valence-electron chi connectivity index (χ1n) is 7.50. The predicted octanol–water partition coefficient (Wildman–Crippen LogP) is 1.40. The summed E-state index contributed by atoms with van der Waals surface area (Å²) in [5.41, 5.74) is 0.564. The van der Waals surface area contributed by atoms with Crippen LogP contribution in [-0.2, 0) is 9.53 Å². The zero-order valence-electron chi connectivity index (χ0n) is 13.7. The number of esters is 1. The molecule has 3 amide bonds. The highest BCUT2D eigenvalue weighted by Gasteiger charge is 2.23. The summed E-state index contributed by atoms with van der Waals surface area (Å²) in [6, 6.07) is 4.75. The maximum Gasteiger partial charge on any atom is 0.357 e. The standard InChI is InChI=1S/C16H17FN4O4/c1-3-19-16(24)20-14(22)10(2)25-15(23)13-8-18-9-21(13)12-6-4-11(17)5-7-12/h4-10H,3H2,1-2H3,(H2,19,20,22,24)/t10-/m1/s1. The number of nitrogens with zero attached hydrogens (tertiary/aromatic N) is 2. The molecule has 2 aromatic rings. The summed E-state index contributed by atoms with van der Waals surface area (Å²) in [6.45, 7) is 3.39. The Morgan fingerprint density at radius 1 is 1.28 bits per heavy atom. The Bertz CT molecular complexity index is 773. The molecule has 0 aliphatic heterocycles. The third kappa shape index (κ3) is 4.63. The minimum atomic E-state index is -1.19. The van der Waals surface area contributed by atoms with E-state index in [0.29, 0.717) is 12.2 Å². The zero-order valence-corrected chi connectivity index (χ0v) is 13.7. The van der Waals surface area contributed by atoms with Crippen LogP contribution in [0.2, 0.25) is 0 Å². The average Bonchev–Trinajstić information content (AvgIpc) is 3.05. The fraction of sp³-hybridized carbons (Fsp3) is 0.250. The number of ether oxygens (including phenoxy) is 1. The molecule has 0 fully saturated rings. The number of benzene rings is 1. The summed E-state index contributed by atoms with van der Waals surface area (Å²) in [4.78, 5) is 39.2. The number of imide groups is 1. The van der Waals surface area contributed by atoms with E-state index in [2.05, 4.69) is 15.6 Å². The Hall–Kier alpha value is -3.23. The van der Waals surface area contributed by atoms with E-state index in [4.69, 9.17) is 4.74 Å². The van der Waals surface area contributed by atoms with Crippen LogP contribution in [0.3, 0.4) is 0 Å². The molecule has 0 aliphatic rings. The highest BCUT2D eigenvalue weighted by atomic mass is 19.1. The molecule has 2 N–H and O–H groups in total. The average molecular weight is 348 g/mol. The van der Waals surface area contributed by atoms with Crippen molar-refractivity contribution in [1.82, 2.24) is 20.2 Å². The van der Waals surface area contributed by atoms with Crippen molar-refractivity contribution in [1.29, 1.82) is 0 Å². The molecule has 0 radical (unpaired) electrons. The van der Waals surface area contributed by atoms with Crippen LogP contribution in [0.1, 0.15) is 24.3 Å². The van der Waals surface area contributed by atoms with Crippen molar-refractivity contribution in [3.8, 4) is 5.69 Å². The molecule has 1 heterocycles. The predicted molar refractivity (Wildman–Crippen MR) is 85.6 cm³/mol. The number of urea groups is 1. The maximum atomic E-state index is 13.0. The Balaban J connectivity index is 2.06. The summed E-state index contributed by atoms with van der Waals surface area (Å²) >= 11 is 0. The first-order valence-corrected chi connectivity index (χ1v) is 7.50. The summed E-state index contributed by atoms with van der Waals surface area (Å²) < 4.78 is 19.5. The van der Waals surface area contributed by atoms with Gasteiger partial charge in [-0.05, 0) is 38.1 Å². The number of hydrogen-bond donors (Lipinski definition) is 2. The molecule has 8 nitrogen and oxygen atoms in total. The number of amides is 3. The molecule has 25 heavy (non-hydrogen) atoms. The minimum absolute atomic E-state index is 0.0595. The van der Waals surface area contributed by atoms with E-state index in [-0.39, 0.29) is 5.69 Å².